The van der Waals surface area contributed by atoms with Gasteiger partial charge in [-0.25, -0.2) is 0 Å². The maximum Gasteiger partial charge on any atom is 0.224 e. The first-order valence-electron chi connectivity index (χ1n) is 6.21. The van der Waals surface area contributed by atoms with Crippen molar-refractivity contribution in [3.8, 4) is 0 Å². The molecular weight excluding hydrogens is 236 g/mol. The summed E-state index contributed by atoms with van der Waals surface area (Å²) in [4.78, 5) is 27.3. The smallest absolute Gasteiger partial charge is 0.224 e. The van der Waals surface area contributed by atoms with Gasteiger partial charge in [0.2, 0.25) is 5.91 Å². The molecule has 1 atom stereocenters. The SMILES string of the molecule is CC(=O)SC1CC(=O)N(C2CCN(C)CC2)C1. The Balaban J connectivity index is 1.89. The average molecular weight is 256 g/mol. The Morgan fingerprint density at radius 2 is 2.00 bits per heavy atom. The van der Waals surface area contributed by atoms with E-state index < -0.39 is 0 Å². The second-order valence-electron chi connectivity index (χ2n) is 5.02. The van der Waals surface area contributed by atoms with E-state index in [1.807, 2.05) is 4.90 Å². The third kappa shape index (κ3) is 3.22. The maximum atomic E-state index is 11.9. The molecule has 0 aromatic rings. The van der Waals surface area contributed by atoms with Crippen LogP contribution >= 0.6 is 11.8 Å². The van der Waals surface area contributed by atoms with Crippen LogP contribution in [0.2, 0.25) is 0 Å². The molecule has 0 aliphatic carbocycles. The van der Waals surface area contributed by atoms with E-state index in [1.165, 1.54) is 11.8 Å². The van der Waals surface area contributed by atoms with Crippen LogP contribution in [0.15, 0.2) is 0 Å². The minimum Gasteiger partial charge on any atom is -0.338 e. The Morgan fingerprint density at radius 1 is 1.35 bits per heavy atom. The van der Waals surface area contributed by atoms with Gasteiger partial charge in [0, 0.05) is 31.2 Å². The molecule has 2 rings (SSSR count). The van der Waals surface area contributed by atoms with Crippen molar-refractivity contribution in [2.24, 2.45) is 0 Å². The molecule has 2 aliphatic heterocycles. The van der Waals surface area contributed by atoms with Gasteiger partial charge in [-0.15, -0.1) is 0 Å². The second-order valence-corrected chi connectivity index (χ2v) is 6.49. The molecule has 0 spiro atoms. The summed E-state index contributed by atoms with van der Waals surface area (Å²) in [6, 6.07) is 0.399. The Bertz CT molecular complexity index is 314. The number of carbonyl (C=O) groups is 2. The largest absolute Gasteiger partial charge is 0.338 e. The topological polar surface area (TPSA) is 40.6 Å². The molecule has 5 heteroatoms. The van der Waals surface area contributed by atoms with Gasteiger partial charge in [0.25, 0.3) is 0 Å². The summed E-state index contributed by atoms with van der Waals surface area (Å²) in [5.74, 6) is 0.235. The summed E-state index contributed by atoms with van der Waals surface area (Å²) >= 11 is 1.32. The third-order valence-electron chi connectivity index (χ3n) is 3.58. The molecule has 96 valence electrons. The van der Waals surface area contributed by atoms with Gasteiger partial charge in [0.1, 0.15) is 0 Å². The summed E-state index contributed by atoms with van der Waals surface area (Å²) in [5, 5.41) is 0.299. The van der Waals surface area contributed by atoms with E-state index in [4.69, 9.17) is 0 Å². The molecule has 0 aromatic heterocycles. The van der Waals surface area contributed by atoms with Crippen LogP contribution in [0.3, 0.4) is 0 Å². The van der Waals surface area contributed by atoms with E-state index in [1.54, 1.807) is 6.92 Å². The van der Waals surface area contributed by atoms with Crippen molar-refractivity contribution < 1.29 is 9.59 Å². The van der Waals surface area contributed by atoms with Gasteiger partial charge in [-0.05, 0) is 33.0 Å². The van der Waals surface area contributed by atoms with E-state index in [0.717, 1.165) is 32.5 Å². The monoisotopic (exact) mass is 256 g/mol. The molecule has 1 amide bonds. The number of hydrogen-bond acceptors (Lipinski definition) is 4. The number of thioether (sulfide) groups is 1. The number of rotatable bonds is 2. The second kappa shape index (κ2) is 5.40. The van der Waals surface area contributed by atoms with E-state index in [2.05, 4.69) is 11.9 Å². The Kier molecular flexibility index (Phi) is 4.09. The molecule has 0 saturated carbocycles. The van der Waals surface area contributed by atoms with Gasteiger partial charge in [0.15, 0.2) is 5.12 Å². The molecule has 0 bridgehead atoms. The van der Waals surface area contributed by atoms with Crippen molar-refractivity contribution in [3.63, 3.8) is 0 Å². The Hall–Kier alpha value is -0.550. The van der Waals surface area contributed by atoms with Crippen LogP contribution in [-0.4, -0.2) is 58.8 Å². The van der Waals surface area contributed by atoms with Crippen molar-refractivity contribution in [1.29, 1.82) is 0 Å². The Morgan fingerprint density at radius 3 is 2.59 bits per heavy atom. The van der Waals surface area contributed by atoms with E-state index in [-0.39, 0.29) is 16.3 Å². The maximum absolute atomic E-state index is 11.9. The highest BCUT2D eigenvalue weighted by atomic mass is 32.2. The summed E-state index contributed by atoms with van der Waals surface area (Å²) in [6.45, 7) is 4.47. The zero-order valence-electron chi connectivity index (χ0n) is 10.5. The number of carbonyl (C=O) groups excluding carboxylic acids is 2. The molecule has 1 unspecified atom stereocenters. The van der Waals surface area contributed by atoms with Gasteiger partial charge >= 0.3 is 0 Å². The van der Waals surface area contributed by atoms with Crippen LogP contribution in [0.25, 0.3) is 0 Å². The number of likely N-dealkylation sites (tertiary alicyclic amines) is 2. The lowest BCUT2D eigenvalue weighted by Gasteiger charge is -2.35. The van der Waals surface area contributed by atoms with Gasteiger partial charge in [0.05, 0.1) is 0 Å². The lowest BCUT2D eigenvalue weighted by Crippen LogP contribution is -2.44. The standard InChI is InChI=1S/C12H20N2O2S/c1-9(15)17-11-7-12(16)14(8-11)10-3-5-13(2)6-4-10/h10-11H,3-8H2,1-2H3. The van der Waals surface area contributed by atoms with Crippen LogP contribution < -0.4 is 0 Å². The number of hydrogen-bond donors (Lipinski definition) is 0. The lowest BCUT2D eigenvalue weighted by molar-refractivity contribution is -0.130. The van der Waals surface area contributed by atoms with Gasteiger partial charge < -0.3 is 9.80 Å². The number of amides is 1. The van der Waals surface area contributed by atoms with Gasteiger partial charge in [-0.1, -0.05) is 11.8 Å². The van der Waals surface area contributed by atoms with E-state index in [0.29, 0.717) is 12.5 Å². The molecule has 2 fully saturated rings. The van der Waals surface area contributed by atoms with Crippen molar-refractivity contribution in [2.75, 3.05) is 26.7 Å². The number of piperidine rings is 1. The minimum atomic E-state index is 0.119. The highest BCUT2D eigenvalue weighted by Gasteiger charge is 2.36. The first kappa shape index (κ1) is 12.9. The molecule has 17 heavy (non-hydrogen) atoms. The van der Waals surface area contributed by atoms with Crippen LogP contribution in [0, 0.1) is 0 Å². The third-order valence-corrected chi connectivity index (χ3v) is 4.57. The predicted molar refractivity (Wildman–Crippen MR) is 68.9 cm³/mol. The van der Waals surface area contributed by atoms with Gasteiger partial charge in [-0.3, -0.25) is 9.59 Å². The highest BCUT2D eigenvalue weighted by Crippen LogP contribution is 2.28. The fraction of sp³-hybridized carbons (Fsp3) is 0.833. The van der Waals surface area contributed by atoms with Crippen molar-refractivity contribution >= 4 is 22.8 Å². The summed E-state index contributed by atoms with van der Waals surface area (Å²) < 4.78 is 0. The predicted octanol–water partition coefficient (Wildman–Crippen LogP) is 0.961. The normalized spacial score (nSPS) is 27.8. The van der Waals surface area contributed by atoms with E-state index in [9.17, 15) is 9.59 Å². The molecule has 0 radical (unpaired) electrons. The highest BCUT2D eigenvalue weighted by molar-refractivity contribution is 8.14. The molecule has 2 heterocycles. The van der Waals surface area contributed by atoms with Crippen LogP contribution in [0.4, 0.5) is 0 Å². The minimum absolute atomic E-state index is 0.119. The van der Waals surface area contributed by atoms with Crippen molar-refractivity contribution in [2.45, 2.75) is 37.5 Å². The van der Waals surface area contributed by atoms with Crippen LogP contribution in [0.1, 0.15) is 26.2 Å². The first-order valence-corrected chi connectivity index (χ1v) is 7.09. The molecule has 0 aromatic carbocycles. The van der Waals surface area contributed by atoms with Crippen molar-refractivity contribution in [3.05, 3.63) is 0 Å². The summed E-state index contributed by atoms with van der Waals surface area (Å²) in [6.07, 6.45) is 2.68. The fourth-order valence-corrected chi connectivity index (χ4v) is 3.60. The summed E-state index contributed by atoms with van der Waals surface area (Å²) in [5.41, 5.74) is 0. The number of nitrogens with zero attached hydrogens (tertiary/aromatic N) is 2. The molecular formula is C12H20N2O2S. The van der Waals surface area contributed by atoms with Gasteiger partial charge in [-0.2, -0.15) is 0 Å². The Labute approximate surface area is 107 Å². The van der Waals surface area contributed by atoms with Crippen LogP contribution in [-0.2, 0) is 9.59 Å². The lowest BCUT2D eigenvalue weighted by atomic mass is 10.0. The summed E-state index contributed by atoms with van der Waals surface area (Å²) in [7, 11) is 2.12. The molecule has 4 nitrogen and oxygen atoms in total. The quantitative estimate of drug-likeness (QED) is 0.738. The zero-order chi connectivity index (χ0) is 12.4. The molecule has 2 aliphatic rings. The van der Waals surface area contributed by atoms with E-state index >= 15 is 0 Å². The van der Waals surface area contributed by atoms with Crippen molar-refractivity contribution in [1.82, 2.24) is 9.80 Å². The first-order chi connectivity index (χ1) is 8.06. The van der Waals surface area contributed by atoms with Crippen LogP contribution in [0.5, 0.6) is 0 Å². The molecule has 2 saturated heterocycles. The molecule has 0 N–H and O–H groups in total. The fourth-order valence-electron chi connectivity index (χ4n) is 2.67. The zero-order valence-corrected chi connectivity index (χ0v) is 11.3. The average Bonchev–Trinajstić information content (AvgIpc) is 2.59.